The number of para-hydroxylation sites is 1. The zero-order valence-electron chi connectivity index (χ0n) is 12.2. The monoisotopic (exact) mass is 288 g/mol. The lowest BCUT2D eigenvalue weighted by Gasteiger charge is -2.08. The number of aryl methyl sites for hydroxylation is 1. The Kier molecular flexibility index (Phi) is 2.63. The fraction of sp³-hybridized carbons (Fsp3) is 0.0526. The Hall–Kier alpha value is -2.94. The average Bonchev–Trinajstić information content (AvgIpc) is 2.81. The minimum absolute atomic E-state index is 0.257. The Bertz CT molecular complexity index is 997. The third kappa shape index (κ3) is 1.76. The van der Waals surface area contributed by atoms with Crippen molar-refractivity contribution in [3.63, 3.8) is 0 Å². The van der Waals surface area contributed by atoms with Gasteiger partial charge in [-0.25, -0.2) is 0 Å². The van der Waals surface area contributed by atoms with Gasteiger partial charge < -0.3 is 15.4 Å². The third-order valence-electron chi connectivity index (χ3n) is 4.26. The predicted molar refractivity (Wildman–Crippen MR) is 91.9 cm³/mol. The van der Waals surface area contributed by atoms with Crippen molar-refractivity contribution in [1.29, 1.82) is 0 Å². The Morgan fingerprint density at radius 1 is 0.864 bits per heavy atom. The average molecular weight is 288 g/mol. The van der Waals surface area contributed by atoms with E-state index in [1.165, 1.54) is 10.9 Å². The Morgan fingerprint density at radius 2 is 1.59 bits per heavy atom. The molecule has 0 atom stereocenters. The van der Waals surface area contributed by atoms with Gasteiger partial charge in [-0.2, -0.15) is 0 Å². The first-order chi connectivity index (χ1) is 10.6. The summed E-state index contributed by atoms with van der Waals surface area (Å²) in [6.07, 6.45) is 0. The number of anilines is 1. The lowest BCUT2D eigenvalue weighted by atomic mass is 10.0. The summed E-state index contributed by atoms with van der Waals surface area (Å²) in [7, 11) is 2.07. The summed E-state index contributed by atoms with van der Waals surface area (Å²) >= 11 is 0. The van der Waals surface area contributed by atoms with Crippen LogP contribution in [0.2, 0.25) is 0 Å². The number of hydrogen-bond acceptors (Lipinski definition) is 2. The van der Waals surface area contributed by atoms with E-state index in [0.717, 1.165) is 27.7 Å². The van der Waals surface area contributed by atoms with Crippen LogP contribution in [0.1, 0.15) is 0 Å². The molecule has 1 heterocycles. The number of phenols is 1. The van der Waals surface area contributed by atoms with Gasteiger partial charge in [-0.15, -0.1) is 0 Å². The molecule has 1 aromatic heterocycles. The summed E-state index contributed by atoms with van der Waals surface area (Å²) in [5.41, 5.74) is 11.4. The maximum Gasteiger partial charge on any atom is 0.115 e. The molecule has 3 aromatic carbocycles. The van der Waals surface area contributed by atoms with Crippen LogP contribution >= 0.6 is 0 Å². The van der Waals surface area contributed by atoms with Crippen LogP contribution in [-0.4, -0.2) is 9.67 Å². The van der Waals surface area contributed by atoms with Crippen molar-refractivity contribution in [3.05, 3.63) is 60.7 Å². The maximum atomic E-state index is 9.45. The molecule has 3 nitrogen and oxygen atoms in total. The molecule has 108 valence electrons. The van der Waals surface area contributed by atoms with Gasteiger partial charge in [-0.3, -0.25) is 0 Å². The fourth-order valence-electron chi connectivity index (χ4n) is 3.11. The molecule has 0 aliphatic carbocycles. The molecule has 0 bridgehead atoms. The number of rotatable bonds is 1. The molecule has 22 heavy (non-hydrogen) atoms. The van der Waals surface area contributed by atoms with Gasteiger partial charge in [0, 0.05) is 40.1 Å². The Balaban J connectivity index is 2.06. The van der Waals surface area contributed by atoms with E-state index < -0.39 is 0 Å². The highest BCUT2D eigenvalue weighted by molar-refractivity contribution is 6.10. The zero-order valence-corrected chi connectivity index (χ0v) is 12.2. The lowest BCUT2D eigenvalue weighted by molar-refractivity contribution is 0.475. The largest absolute Gasteiger partial charge is 0.508 e. The van der Waals surface area contributed by atoms with E-state index in [1.54, 1.807) is 12.1 Å². The highest BCUT2D eigenvalue weighted by atomic mass is 16.3. The van der Waals surface area contributed by atoms with E-state index in [1.807, 2.05) is 30.3 Å². The van der Waals surface area contributed by atoms with E-state index in [2.05, 4.69) is 29.8 Å². The van der Waals surface area contributed by atoms with Gasteiger partial charge in [0.25, 0.3) is 0 Å². The second kappa shape index (κ2) is 4.53. The molecule has 0 unspecified atom stereocenters. The van der Waals surface area contributed by atoms with Crippen LogP contribution in [0.25, 0.3) is 32.9 Å². The first-order valence-corrected chi connectivity index (χ1v) is 7.21. The first-order valence-electron chi connectivity index (χ1n) is 7.21. The van der Waals surface area contributed by atoms with Crippen molar-refractivity contribution < 1.29 is 5.11 Å². The Morgan fingerprint density at radius 3 is 2.36 bits per heavy atom. The number of benzene rings is 3. The van der Waals surface area contributed by atoms with Gasteiger partial charge in [-0.1, -0.05) is 30.3 Å². The van der Waals surface area contributed by atoms with Crippen molar-refractivity contribution in [3.8, 4) is 16.9 Å². The second-order valence-electron chi connectivity index (χ2n) is 5.58. The van der Waals surface area contributed by atoms with Crippen LogP contribution in [0.4, 0.5) is 5.69 Å². The maximum absolute atomic E-state index is 9.45. The molecular weight excluding hydrogens is 272 g/mol. The summed E-state index contributed by atoms with van der Waals surface area (Å²) in [4.78, 5) is 0. The quantitative estimate of drug-likeness (QED) is 0.513. The van der Waals surface area contributed by atoms with Crippen LogP contribution in [0.15, 0.2) is 60.7 Å². The van der Waals surface area contributed by atoms with Crippen molar-refractivity contribution in [2.75, 3.05) is 5.73 Å². The number of hydrogen-bond donors (Lipinski definition) is 2. The van der Waals surface area contributed by atoms with Crippen LogP contribution in [0.3, 0.4) is 0 Å². The molecule has 0 saturated carbocycles. The molecule has 4 aromatic rings. The number of aromatic hydroxyl groups is 1. The number of nitrogens with two attached hydrogens (primary N) is 1. The molecular formula is C19H16N2O. The summed E-state index contributed by atoms with van der Waals surface area (Å²) < 4.78 is 2.19. The van der Waals surface area contributed by atoms with Gasteiger partial charge in [0.2, 0.25) is 0 Å². The van der Waals surface area contributed by atoms with Crippen molar-refractivity contribution in [1.82, 2.24) is 4.57 Å². The summed E-state index contributed by atoms with van der Waals surface area (Å²) in [6.45, 7) is 0. The van der Waals surface area contributed by atoms with E-state index >= 15 is 0 Å². The first kappa shape index (κ1) is 12.8. The normalized spacial score (nSPS) is 11.3. The van der Waals surface area contributed by atoms with Crippen LogP contribution in [0, 0.1) is 0 Å². The van der Waals surface area contributed by atoms with E-state index in [9.17, 15) is 5.11 Å². The number of phenolic OH excluding ortho intramolecular Hbond substituents is 1. The molecule has 0 aliphatic rings. The van der Waals surface area contributed by atoms with Gasteiger partial charge in [0.1, 0.15) is 5.75 Å². The third-order valence-corrected chi connectivity index (χ3v) is 4.26. The molecule has 3 heteroatoms. The van der Waals surface area contributed by atoms with E-state index in [4.69, 9.17) is 5.73 Å². The summed E-state index contributed by atoms with van der Waals surface area (Å²) in [5.74, 6) is 0.257. The highest BCUT2D eigenvalue weighted by Crippen LogP contribution is 2.35. The number of fused-ring (bicyclic) bond motifs is 3. The van der Waals surface area contributed by atoms with Crippen molar-refractivity contribution in [2.45, 2.75) is 0 Å². The minimum atomic E-state index is 0.257. The number of nitrogens with zero attached hydrogens (tertiary/aromatic N) is 1. The molecule has 0 spiro atoms. The smallest absolute Gasteiger partial charge is 0.115 e. The van der Waals surface area contributed by atoms with E-state index in [0.29, 0.717) is 0 Å². The van der Waals surface area contributed by atoms with Gasteiger partial charge in [-0.05, 0) is 35.9 Å². The predicted octanol–water partition coefficient (Wildman–Crippen LogP) is 4.29. The van der Waals surface area contributed by atoms with Crippen LogP contribution in [-0.2, 0) is 7.05 Å². The van der Waals surface area contributed by atoms with Gasteiger partial charge in [0.15, 0.2) is 0 Å². The van der Waals surface area contributed by atoms with Crippen molar-refractivity contribution >= 4 is 27.5 Å². The van der Waals surface area contributed by atoms with Gasteiger partial charge >= 0.3 is 0 Å². The molecule has 0 fully saturated rings. The summed E-state index contributed by atoms with van der Waals surface area (Å²) in [5, 5.41) is 11.8. The second-order valence-corrected chi connectivity index (χ2v) is 5.58. The zero-order chi connectivity index (χ0) is 15.3. The topological polar surface area (TPSA) is 51.2 Å². The number of nitrogen functional groups attached to an aromatic ring is 1. The SMILES string of the molecule is Cn1c2ccccc2c2cc(N)c(-c3ccc(O)cc3)cc21. The van der Waals surface area contributed by atoms with Crippen LogP contribution < -0.4 is 5.73 Å². The lowest BCUT2D eigenvalue weighted by Crippen LogP contribution is -1.92. The molecule has 0 saturated heterocycles. The summed E-state index contributed by atoms with van der Waals surface area (Å²) in [6, 6.07) is 19.6. The Labute approximate surface area is 128 Å². The van der Waals surface area contributed by atoms with E-state index in [-0.39, 0.29) is 5.75 Å². The standard InChI is InChI=1S/C19H16N2O/c1-21-18-5-3-2-4-14(18)16-10-17(20)15(11-19(16)21)12-6-8-13(22)9-7-12/h2-11,22H,20H2,1H3. The molecule has 0 radical (unpaired) electrons. The highest BCUT2D eigenvalue weighted by Gasteiger charge is 2.11. The fourth-order valence-corrected chi connectivity index (χ4v) is 3.11. The molecule has 0 amide bonds. The van der Waals surface area contributed by atoms with Crippen molar-refractivity contribution in [2.24, 2.45) is 7.05 Å². The molecule has 0 aliphatic heterocycles. The van der Waals surface area contributed by atoms with Gasteiger partial charge in [0.05, 0.1) is 0 Å². The minimum Gasteiger partial charge on any atom is -0.508 e. The number of aromatic nitrogens is 1. The van der Waals surface area contributed by atoms with Crippen LogP contribution in [0.5, 0.6) is 5.75 Å². The molecule has 4 rings (SSSR count). The molecule has 3 N–H and O–H groups in total.